The Morgan fingerprint density at radius 3 is 2.67 bits per heavy atom. The summed E-state index contributed by atoms with van der Waals surface area (Å²) < 4.78 is 2.03. The highest BCUT2D eigenvalue weighted by Gasteiger charge is 2.10. The fraction of sp³-hybridized carbons (Fsp3) is 0.471. The number of nitrogens with zero attached hydrogens (tertiary/aromatic N) is 2. The molecule has 2 unspecified atom stereocenters. The molecule has 0 aliphatic heterocycles. The van der Waals surface area contributed by atoms with Crippen molar-refractivity contribution in [2.45, 2.75) is 45.3 Å². The van der Waals surface area contributed by atoms with Gasteiger partial charge in [-0.2, -0.15) is 5.10 Å². The van der Waals surface area contributed by atoms with Gasteiger partial charge in [-0.25, -0.2) is 0 Å². The summed E-state index contributed by atoms with van der Waals surface area (Å²) in [7, 11) is 0. The molecule has 0 fully saturated rings. The summed E-state index contributed by atoms with van der Waals surface area (Å²) in [5, 5.41) is 8.10. The van der Waals surface area contributed by atoms with Gasteiger partial charge in [0.1, 0.15) is 0 Å². The molecule has 0 aliphatic carbocycles. The molecule has 0 bridgehead atoms. The van der Waals surface area contributed by atoms with Crippen LogP contribution < -0.4 is 5.32 Å². The van der Waals surface area contributed by atoms with Gasteiger partial charge in [0.25, 0.3) is 0 Å². The van der Waals surface area contributed by atoms with Gasteiger partial charge in [0.2, 0.25) is 0 Å². The molecule has 1 aromatic heterocycles. The molecule has 0 aliphatic rings. The minimum atomic E-state index is 0.266. The molecule has 0 amide bonds. The largest absolute Gasteiger partial charge is 0.307 e. The third-order valence-corrected chi connectivity index (χ3v) is 4.16. The Morgan fingerprint density at radius 1 is 1.24 bits per heavy atom. The zero-order valence-electron chi connectivity index (χ0n) is 12.8. The standard InChI is InChI=1S/C17H24ClN3/c1-3-14(2)21-10-9-16(20-21)13-19-17(12-18)11-15-7-5-4-6-8-15/h4-10,14,17,19H,3,11-13H2,1-2H3. The number of benzene rings is 1. The minimum absolute atomic E-state index is 0.266. The summed E-state index contributed by atoms with van der Waals surface area (Å²) >= 11 is 6.07. The van der Waals surface area contributed by atoms with E-state index in [2.05, 4.69) is 60.8 Å². The lowest BCUT2D eigenvalue weighted by Crippen LogP contribution is -2.32. The average Bonchev–Trinajstić information content (AvgIpc) is 3.00. The molecule has 0 spiro atoms. The van der Waals surface area contributed by atoms with E-state index in [1.54, 1.807) is 0 Å². The maximum absolute atomic E-state index is 6.07. The maximum Gasteiger partial charge on any atom is 0.0762 e. The molecule has 2 atom stereocenters. The third-order valence-electron chi connectivity index (χ3n) is 3.79. The Labute approximate surface area is 132 Å². The van der Waals surface area contributed by atoms with Crippen LogP contribution >= 0.6 is 11.6 Å². The molecular formula is C17H24ClN3. The summed E-state index contributed by atoms with van der Waals surface area (Å²) in [6.07, 6.45) is 4.08. The van der Waals surface area contributed by atoms with Crippen molar-refractivity contribution < 1.29 is 0 Å². The minimum Gasteiger partial charge on any atom is -0.307 e. The van der Waals surface area contributed by atoms with E-state index in [0.29, 0.717) is 11.9 Å². The van der Waals surface area contributed by atoms with Crippen LogP contribution in [0.3, 0.4) is 0 Å². The zero-order valence-corrected chi connectivity index (χ0v) is 13.6. The molecular weight excluding hydrogens is 282 g/mol. The Morgan fingerprint density at radius 2 is 2.00 bits per heavy atom. The molecule has 3 nitrogen and oxygen atoms in total. The van der Waals surface area contributed by atoms with Crippen molar-refractivity contribution in [3.8, 4) is 0 Å². The van der Waals surface area contributed by atoms with Crippen LogP contribution in [0.15, 0.2) is 42.6 Å². The summed E-state index contributed by atoms with van der Waals surface area (Å²) in [5.74, 6) is 0.598. The first kappa shape index (κ1) is 16.1. The van der Waals surface area contributed by atoms with E-state index in [1.807, 2.05) is 10.7 Å². The second-order valence-electron chi connectivity index (χ2n) is 5.47. The number of aromatic nitrogens is 2. The summed E-state index contributed by atoms with van der Waals surface area (Å²) in [5.41, 5.74) is 2.37. The Hall–Kier alpha value is -1.32. The number of nitrogens with one attached hydrogen (secondary N) is 1. The molecule has 2 aromatic rings. The van der Waals surface area contributed by atoms with Crippen LogP contribution in [0.25, 0.3) is 0 Å². The summed E-state index contributed by atoms with van der Waals surface area (Å²) in [6, 6.07) is 13.2. The van der Waals surface area contributed by atoms with Crippen LogP contribution in [0.5, 0.6) is 0 Å². The highest BCUT2D eigenvalue weighted by Crippen LogP contribution is 2.10. The van der Waals surface area contributed by atoms with Gasteiger partial charge in [0.05, 0.1) is 5.69 Å². The van der Waals surface area contributed by atoms with Gasteiger partial charge in [-0.1, -0.05) is 37.3 Å². The van der Waals surface area contributed by atoms with Crippen molar-refractivity contribution in [3.63, 3.8) is 0 Å². The van der Waals surface area contributed by atoms with Gasteiger partial charge < -0.3 is 5.32 Å². The predicted octanol–water partition coefficient (Wildman–Crippen LogP) is 3.79. The zero-order chi connectivity index (χ0) is 15.1. The lowest BCUT2D eigenvalue weighted by molar-refractivity contribution is 0.467. The molecule has 21 heavy (non-hydrogen) atoms. The summed E-state index contributed by atoms with van der Waals surface area (Å²) in [4.78, 5) is 0. The lowest BCUT2D eigenvalue weighted by atomic mass is 10.1. The molecule has 1 aromatic carbocycles. The van der Waals surface area contributed by atoms with E-state index >= 15 is 0 Å². The first-order valence-electron chi connectivity index (χ1n) is 7.60. The molecule has 2 rings (SSSR count). The number of rotatable bonds is 8. The normalized spacial score (nSPS) is 14.0. The van der Waals surface area contributed by atoms with Gasteiger partial charge in [0, 0.05) is 30.7 Å². The topological polar surface area (TPSA) is 29.9 Å². The Bertz CT molecular complexity index is 524. The summed E-state index contributed by atoms with van der Waals surface area (Å²) in [6.45, 7) is 5.11. The number of hydrogen-bond acceptors (Lipinski definition) is 2. The van der Waals surface area contributed by atoms with Gasteiger partial charge in [-0.05, 0) is 31.4 Å². The van der Waals surface area contributed by atoms with Gasteiger partial charge in [-0.3, -0.25) is 4.68 Å². The average molecular weight is 306 g/mol. The van der Waals surface area contributed by atoms with Crippen molar-refractivity contribution >= 4 is 11.6 Å². The van der Waals surface area contributed by atoms with E-state index in [9.17, 15) is 0 Å². The van der Waals surface area contributed by atoms with Crippen LogP contribution in [0.1, 0.15) is 37.6 Å². The predicted molar refractivity (Wildman–Crippen MR) is 88.7 cm³/mol. The first-order chi connectivity index (χ1) is 10.2. The van der Waals surface area contributed by atoms with Crippen molar-refractivity contribution in [3.05, 3.63) is 53.9 Å². The van der Waals surface area contributed by atoms with E-state index in [-0.39, 0.29) is 6.04 Å². The van der Waals surface area contributed by atoms with Crippen LogP contribution in [0.2, 0.25) is 0 Å². The van der Waals surface area contributed by atoms with Crippen molar-refractivity contribution in [1.29, 1.82) is 0 Å². The fourth-order valence-corrected chi connectivity index (χ4v) is 2.45. The second kappa shape index (κ2) is 8.20. The van der Waals surface area contributed by atoms with Crippen molar-refractivity contribution in [1.82, 2.24) is 15.1 Å². The number of halogens is 1. The molecule has 1 heterocycles. The SMILES string of the molecule is CCC(C)n1ccc(CNC(CCl)Cc2ccccc2)n1. The van der Waals surface area contributed by atoms with Gasteiger partial charge in [-0.15, -0.1) is 11.6 Å². The monoisotopic (exact) mass is 305 g/mol. The number of alkyl halides is 1. The molecule has 0 saturated carbocycles. The van der Waals surface area contributed by atoms with E-state index in [0.717, 1.165) is 25.1 Å². The Kier molecular flexibility index (Phi) is 6.27. The molecule has 114 valence electrons. The highest BCUT2D eigenvalue weighted by molar-refractivity contribution is 6.18. The second-order valence-corrected chi connectivity index (χ2v) is 5.77. The van der Waals surface area contributed by atoms with E-state index in [1.165, 1.54) is 5.56 Å². The van der Waals surface area contributed by atoms with Crippen molar-refractivity contribution in [2.75, 3.05) is 5.88 Å². The van der Waals surface area contributed by atoms with E-state index in [4.69, 9.17) is 11.6 Å². The molecule has 0 radical (unpaired) electrons. The maximum atomic E-state index is 6.07. The van der Waals surface area contributed by atoms with Crippen LogP contribution in [0, 0.1) is 0 Å². The van der Waals surface area contributed by atoms with Crippen LogP contribution in [-0.2, 0) is 13.0 Å². The highest BCUT2D eigenvalue weighted by atomic mass is 35.5. The lowest BCUT2D eigenvalue weighted by Gasteiger charge is -2.15. The fourth-order valence-electron chi connectivity index (χ4n) is 2.23. The van der Waals surface area contributed by atoms with Crippen LogP contribution in [-0.4, -0.2) is 21.7 Å². The number of hydrogen-bond donors (Lipinski definition) is 1. The third kappa shape index (κ3) is 4.87. The van der Waals surface area contributed by atoms with Crippen molar-refractivity contribution in [2.24, 2.45) is 0 Å². The first-order valence-corrected chi connectivity index (χ1v) is 8.13. The molecule has 1 N–H and O–H groups in total. The van der Waals surface area contributed by atoms with Gasteiger partial charge in [0.15, 0.2) is 0 Å². The molecule has 4 heteroatoms. The smallest absolute Gasteiger partial charge is 0.0762 e. The quantitative estimate of drug-likeness (QED) is 0.752. The Balaban J connectivity index is 1.87. The van der Waals surface area contributed by atoms with E-state index < -0.39 is 0 Å². The molecule has 0 saturated heterocycles. The van der Waals surface area contributed by atoms with Gasteiger partial charge >= 0.3 is 0 Å². The van der Waals surface area contributed by atoms with Crippen LogP contribution in [0.4, 0.5) is 0 Å².